The molecule has 2 aromatic rings. The number of rotatable bonds is 5. The van der Waals surface area contributed by atoms with E-state index in [1.807, 2.05) is 19.2 Å². The monoisotopic (exact) mass is 247 g/mol. The molecule has 0 bridgehead atoms. The zero-order valence-electron chi connectivity index (χ0n) is 10.6. The fraction of sp³-hybridized carbons (Fsp3) is 0.385. The van der Waals surface area contributed by atoms with Gasteiger partial charge in [0.25, 0.3) is 0 Å². The number of carboxylic acid groups (broad SMARTS) is 1. The minimum Gasteiger partial charge on any atom is -0.475 e. The van der Waals surface area contributed by atoms with Gasteiger partial charge in [-0.3, -0.25) is 4.40 Å². The van der Waals surface area contributed by atoms with Gasteiger partial charge in [-0.2, -0.15) is 0 Å². The second-order valence-electron chi connectivity index (χ2n) is 4.38. The molecule has 0 aliphatic heterocycles. The average Bonchev–Trinajstić information content (AvgIpc) is 2.69. The topological polar surface area (TPSA) is 57.8 Å². The molecule has 2 rings (SSSR count). The Labute approximate surface area is 106 Å². The van der Waals surface area contributed by atoms with Gasteiger partial charge < -0.3 is 10.0 Å². The van der Waals surface area contributed by atoms with Gasteiger partial charge in [-0.1, -0.05) is 13.0 Å². The van der Waals surface area contributed by atoms with Crippen molar-refractivity contribution in [3.8, 4) is 0 Å². The molecule has 0 atom stereocenters. The van der Waals surface area contributed by atoms with Gasteiger partial charge >= 0.3 is 5.97 Å². The molecule has 0 unspecified atom stereocenters. The minimum absolute atomic E-state index is 0.0745. The summed E-state index contributed by atoms with van der Waals surface area (Å²) in [6.07, 6.45) is 2.79. The lowest BCUT2D eigenvalue weighted by Crippen LogP contribution is -2.18. The van der Waals surface area contributed by atoms with Crippen molar-refractivity contribution in [1.82, 2.24) is 14.3 Å². The van der Waals surface area contributed by atoms with E-state index < -0.39 is 5.97 Å². The molecule has 0 aliphatic rings. The van der Waals surface area contributed by atoms with Gasteiger partial charge in [-0.25, -0.2) is 9.78 Å². The van der Waals surface area contributed by atoms with Gasteiger partial charge in [-0.15, -0.1) is 0 Å². The van der Waals surface area contributed by atoms with Crippen LogP contribution in [0.3, 0.4) is 0 Å². The maximum absolute atomic E-state index is 11.1. The first-order valence-electron chi connectivity index (χ1n) is 6.01. The Morgan fingerprint density at radius 1 is 1.50 bits per heavy atom. The van der Waals surface area contributed by atoms with Crippen LogP contribution in [0.15, 0.2) is 24.4 Å². The molecule has 0 spiro atoms. The van der Waals surface area contributed by atoms with Gasteiger partial charge in [0.1, 0.15) is 0 Å². The first kappa shape index (κ1) is 12.6. The van der Waals surface area contributed by atoms with Crippen molar-refractivity contribution in [3.63, 3.8) is 0 Å². The van der Waals surface area contributed by atoms with Crippen LogP contribution in [0.25, 0.3) is 5.52 Å². The SMILES string of the molecule is CCCN(C)Cc1nc(C(=O)O)n2ccccc12. The highest BCUT2D eigenvalue weighted by Crippen LogP contribution is 2.14. The van der Waals surface area contributed by atoms with Crippen LogP contribution in [0.5, 0.6) is 0 Å². The number of hydrogen-bond acceptors (Lipinski definition) is 3. The summed E-state index contributed by atoms with van der Waals surface area (Å²) in [7, 11) is 2.01. The maximum Gasteiger partial charge on any atom is 0.372 e. The minimum atomic E-state index is -0.999. The summed E-state index contributed by atoms with van der Waals surface area (Å²) in [5.74, 6) is -0.925. The van der Waals surface area contributed by atoms with Crippen molar-refractivity contribution in [2.45, 2.75) is 19.9 Å². The second kappa shape index (κ2) is 5.18. The number of aromatic carboxylic acids is 1. The molecule has 2 aromatic heterocycles. The number of carbonyl (C=O) groups is 1. The Hall–Kier alpha value is -1.88. The molecule has 5 nitrogen and oxygen atoms in total. The summed E-state index contributed by atoms with van der Waals surface area (Å²) in [5, 5.41) is 9.14. The van der Waals surface area contributed by atoms with Crippen LogP contribution < -0.4 is 0 Å². The standard InChI is InChI=1S/C13H17N3O2/c1-3-7-15(2)9-10-11-6-4-5-8-16(11)12(14-10)13(17)18/h4-6,8H,3,7,9H2,1-2H3,(H,17,18). The molecule has 2 heterocycles. The third-order valence-corrected chi connectivity index (χ3v) is 2.84. The van der Waals surface area contributed by atoms with Crippen molar-refractivity contribution in [1.29, 1.82) is 0 Å². The Morgan fingerprint density at radius 3 is 2.94 bits per heavy atom. The Kier molecular flexibility index (Phi) is 3.62. The lowest BCUT2D eigenvalue weighted by molar-refractivity contribution is 0.0682. The average molecular weight is 247 g/mol. The van der Waals surface area contributed by atoms with Crippen LogP contribution in [-0.4, -0.2) is 39.0 Å². The third kappa shape index (κ3) is 2.36. The summed E-state index contributed by atoms with van der Waals surface area (Å²) >= 11 is 0. The van der Waals surface area contributed by atoms with E-state index in [1.165, 1.54) is 0 Å². The molecule has 0 aliphatic carbocycles. The van der Waals surface area contributed by atoms with E-state index in [-0.39, 0.29) is 5.82 Å². The second-order valence-corrected chi connectivity index (χ2v) is 4.38. The number of nitrogens with zero attached hydrogens (tertiary/aromatic N) is 3. The predicted octanol–water partition coefficient (Wildman–Crippen LogP) is 1.87. The van der Waals surface area contributed by atoms with Gasteiger partial charge in [0.15, 0.2) is 0 Å². The van der Waals surface area contributed by atoms with E-state index >= 15 is 0 Å². The van der Waals surface area contributed by atoms with Crippen LogP contribution in [0, 0.1) is 0 Å². The zero-order chi connectivity index (χ0) is 13.1. The number of imidazole rings is 1. The maximum atomic E-state index is 11.1. The quantitative estimate of drug-likeness (QED) is 0.876. The van der Waals surface area contributed by atoms with E-state index in [0.717, 1.165) is 24.2 Å². The molecule has 1 N–H and O–H groups in total. The fourth-order valence-electron chi connectivity index (χ4n) is 2.09. The number of aromatic nitrogens is 2. The first-order chi connectivity index (χ1) is 8.63. The van der Waals surface area contributed by atoms with Crippen LogP contribution in [0.1, 0.15) is 29.7 Å². The van der Waals surface area contributed by atoms with E-state index in [0.29, 0.717) is 6.54 Å². The molecule has 0 aromatic carbocycles. The molecule has 18 heavy (non-hydrogen) atoms. The van der Waals surface area contributed by atoms with Crippen LogP contribution in [0.4, 0.5) is 0 Å². The number of carboxylic acids is 1. The largest absolute Gasteiger partial charge is 0.475 e. The molecular weight excluding hydrogens is 230 g/mol. The summed E-state index contributed by atoms with van der Waals surface area (Å²) in [6, 6.07) is 5.60. The van der Waals surface area contributed by atoms with Crippen molar-refractivity contribution < 1.29 is 9.90 Å². The molecule has 0 amide bonds. The smallest absolute Gasteiger partial charge is 0.372 e. The van der Waals surface area contributed by atoms with E-state index in [9.17, 15) is 4.79 Å². The Balaban J connectivity index is 2.41. The van der Waals surface area contributed by atoms with Crippen molar-refractivity contribution in [2.24, 2.45) is 0 Å². The highest BCUT2D eigenvalue weighted by Gasteiger charge is 2.16. The number of fused-ring (bicyclic) bond motifs is 1. The molecule has 0 saturated heterocycles. The van der Waals surface area contributed by atoms with Crippen LogP contribution in [-0.2, 0) is 6.54 Å². The van der Waals surface area contributed by atoms with Gasteiger partial charge in [0, 0.05) is 12.7 Å². The molecule has 0 radical (unpaired) electrons. The molecular formula is C13H17N3O2. The van der Waals surface area contributed by atoms with Crippen LogP contribution >= 0.6 is 0 Å². The predicted molar refractivity (Wildman–Crippen MR) is 68.8 cm³/mol. The number of pyridine rings is 1. The normalized spacial score (nSPS) is 11.3. The lowest BCUT2D eigenvalue weighted by Gasteiger charge is -2.13. The summed E-state index contributed by atoms with van der Waals surface area (Å²) in [4.78, 5) is 17.5. The lowest BCUT2D eigenvalue weighted by atomic mass is 10.3. The Bertz CT molecular complexity index is 562. The van der Waals surface area contributed by atoms with Gasteiger partial charge in [-0.05, 0) is 32.1 Å². The summed E-state index contributed by atoms with van der Waals surface area (Å²) < 4.78 is 1.62. The van der Waals surface area contributed by atoms with Crippen molar-refractivity contribution >= 4 is 11.5 Å². The van der Waals surface area contributed by atoms with Gasteiger partial charge in [0.2, 0.25) is 5.82 Å². The van der Waals surface area contributed by atoms with Gasteiger partial charge in [0.05, 0.1) is 11.2 Å². The Morgan fingerprint density at radius 2 is 2.28 bits per heavy atom. The highest BCUT2D eigenvalue weighted by molar-refractivity contribution is 5.85. The van der Waals surface area contributed by atoms with Crippen LogP contribution in [0.2, 0.25) is 0 Å². The fourth-order valence-corrected chi connectivity index (χ4v) is 2.09. The third-order valence-electron chi connectivity index (χ3n) is 2.84. The molecule has 96 valence electrons. The van der Waals surface area contributed by atoms with Crippen molar-refractivity contribution in [2.75, 3.05) is 13.6 Å². The number of hydrogen-bond donors (Lipinski definition) is 1. The first-order valence-corrected chi connectivity index (χ1v) is 6.01. The molecule has 5 heteroatoms. The highest BCUT2D eigenvalue weighted by atomic mass is 16.4. The van der Waals surface area contributed by atoms with E-state index in [1.54, 1.807) is 16.7 Å². The molecule has 0 fully saturated rings. The van der Waals surface area contributed by atoms with E-state index in [4.69, 9.17) is 5.11 Å². The van der Waals surface area contributed by atoms with Crippen molar-refractivity contribution in [3.05, 3.63) is 35.9 Å². The zero-order valence-corrected chi connectivity index (χ0v) is 10.6. The van der Waals surface area contributed by atoms with E-state index in [2.05, 4.69) is 16.8 Å². The molecule has 0 saturated carbocycles. The summed E-state index contributed by atoms with van der Waals surface area (Å²) in [5.41, 5.74) is 1.67. The summed E-state index contributed by atoms with van der Waals surface area (Å²) in [6.45, 7) is 3.74.